The number of alkyl halides is 7. The Morgan fingerprint density at radius 2 is 1.60 bits per heavy atom. The minimum absolute atomic E-state index is 0.01000. The van der Waals surface area contributed by atoms with Crippen molar-refractivity contribution in [1.82, 2.24) is 10.6 Å². The van der Waals surface area contributed by atoms with E-state index in [9.17, 15) is 53.1 Å². The maximum absolute atomic E-state index is 14.9. The van der Waals surface area contributed by atoms with Gasteiger partial charge in [-0.15, -0.1) is 0 Å². The van der Waals surface area contributed by atoms with Gasteiger partial charge < -0.3 is 15.4 Å². The summed E-state index contributed by atoms with van der Waals surface area (Å²) < 4.78 is 140. The van der Waals surface area contributed by atoms with Crippen LogP contribution in [-0.4, -0.2) is 52.5 Å². The average molecular weight is 629 g/mol. The molecule has 2 amide bonds. The number of carbonyl (C=O) groups excluding carboxylic acids is 2. The van der Waals surface area contributed by atoms with Crippen LogP contribution in [0.4, 0.5) is 39.9 Å². The number of nitrogens with one attached hydrogen (secondary N) is 2. The van der Waals surface area contributed by atoms with Crippen LogP contribution < -0.4 is 10.6 Å². The first-order valence-corrected chi connectivity index (χ1v) is 14.0. The van der Waals surface area contributed by atoms with Crippen molar-refractivity contribution in [2.24, 2.45) is 5.92 Å². The molecule has 2 aliphatic rings. The molecule has 42 heavy (non-hydrogen) atoms. The average Bonchev–Trinajstić information content (AvgIpc) is 3.30. The summed E-state index contributed by atoms with van der Waals surface area (Å²) in [5, 5.41) is 4.83. The van der Waals surface area contributed by atoms with Gasteiger partial charge in [-0.3, -0.25) is 4.79 Å². The lowest BCUT2D eigenvalue weighted by Crippen LogP contribution is -2.52. The second kappa shape index (κ2) is 10.7. The number of ether oxygens (including phenoxy) is 1. The third kappa shape index (κ3) is 4.96. The van der Waals surface area contributed by atoms with Crippen molar-refractivity contribution >= 4 is 21.8 Å². The van der Waals surface area contributed by atoms with Crippen LogP contribution in [0.25, 0.3) is 0 Å². The van der Waals surface area contributed by atoms with E-state index in [2.05, 4.69) is 15.4 Å². The quantitative estimate of drug-likeness (QED) is 0.267. The van der Waals surface area contributed by atoms with Crippen LogP contribution in [-0.2, 0) is 36.2 Å². The molecule has 0 heterocycles. The van der Waals surface area contributed by atoms with Crippen LogP contribution >= 0.6 is 0 Å². The minimum Gasteiger partial charge on any atom is -0.468 e. The predicted molar refractivity (Wildman–Crippen MR) is 130 cm³/mol. The summed E-state index contributed by atoms with van der Waals surface area (Å²) in [7, 11) is -3.45. The van der Waals surface area contributed by atoms with Crippen molar-refractivity contribution in [2.45, 2.75) is 59.4 Å². The molecule has 2 aromatic rings. The van der Waals surface area contributed by atoms with Crippen LogP contribution in [0, 0.1) is 11.7 Å². The molecule has 0 saturated heterocycles. The molecule has 4 rings (SSSR count). The third-order valence-electron chi connectivity index (χ3n) is 7.92. The van der Waals surface area contributed by atoms with Gasteiger partial charge in [-0.1, -0.05) is 18.2 Å². The van der Waals surface area contributed by atoms with Crippen LogP contribution in [0.3, 0.4) is 0 Å². The van der Waals surface area contributed by atoms with Gasteiger partial charge in [0.05, 0.1) is 12.0 Å². The molecule has 0 aromatic heterocycles. The Hall–Kier alpha value is -3.43. The summed E-state index contributed by atoms with van der Waals surface area (Å²) in [6.07, 6.45) is -13.3. The van der Waals surface area contributed by atoms with E-state index in [0.29, 0.717) is 6.07 Å². The second-order valence-electron chi connectivity index (χ2n) is 10.1. The zero-order chi connectivity index (χ0) is 31.3. The number of methoxy groups -OCH3 is 1. The van der Waals surface area contributed by atoms with E-state index >= 15 is 0 Å². The molecule has 7 nitrogen and oxygen atoms in total. The fourth-order valence-electron chi connectivity index (χ4n) is 6.00. The first-order valence-electron chi connectivity index (χ1n) is 12.5. The number of hydrogen-bond acceptors (Lipinski definition) is 5. The number of hydrogen-bond donors (Lipinski definition) is 2. The van der Waals surface area contributed by atoms with Gasteiger partial charge in [0.2, 0.25) is 0 Å². The van der Waals surface area contributed by atoms with Gasteiger partial charge in [0.1, 0.15) is 17.1 Å². The highest BCUT2D eigenvalue weighted by atomic mass is 32.2. The normalized spacial score (nSPS) is 22.6. The van der Waals surface area contributed by atoms with E-state index < -0.39 is 74.5 Å². The Labute approximate surface area is 234 Å². The molecule has 0 spiro atoms. The first kappa shape index (κ1) is 31.5. The smallest absolute Gasteiger partial charge is 0.435 e. The van der Waals surface area contributed by atoms with Crippen molar-refractivity contribution < 1.29 is 57.9 Å². The molecule has 2 N–H and O–H groups in total. The van der Waals surface area contributed by atoms with Crippen molar-refractivity contribution in [1.29, 1.82) is 0 Å². The van der Waals surface area contributed by atoms with E-state index in [1.165, 1.54) is 0 Å². The molecule has 230 valence electrons. The highest BCUT2D eigenvalue weighted by molar-refractivity contribution is 7.92. The fraction of sp³-hybridized carbons (Fsp3) is 0.462. The number of fused-ring (bicyclic) bond motifs is 3. The Bertz CT molecular complexity index is 1460. The fourth-order valence-corrected chi connectivity index (χ4v) is 8.47. The predicted octanol–water partition coefficient (Wildman–Crippen LogP) is 4.98. The molecular formula is C26H24F8N2O5S. The Morgan fingerprint density at radius 1 is 0.976 bits per heavy atom. The summed E-state index contributed by atoms with van der Waals surface area (Å²) in [4.78, 5) is 23.5. The van der Waals surface area contributed by atoms with Crippen molar-refractivity contribution in [2.75, 3.05) is 13.7 Å². The van der Waals surface area contributed by atoms with Crippen LogP contribution in [0.1, 0.15) is 36.0 Å². The van der Waals surface area contributed by atoms with E-state index in [4.69, 9.17) is 0 Å². The molecule has 0 aliphatic heterocycles. The van der Waals surface area contributed by atoms with Gasteiger partial charge in [0.25, 0.3) is 0 Å². The van der Waals surface area contributed by atoms with E-state index in [1.54, 1.807) is 0 Å². The molecule has 1 fully saturated rings. The second-order valence-corrected chi connectivity index (χ2v) is 12.3. The Morgan fingerprint density at radius 3 is 2.17 bits per heavy atom. The zero-order valence-electron chi connectivity index (χ0n) is 21.7. The maximum Gasteiger partial charge on any atom is 0.435 e. The number of benzene rings is 2. The molecular weight excluding hydrogens is 604 g/mol. The standard InChI is InChI=1S/C26H24F8N2O5S/c1-41-21(37)13-35-22(38)36-20-10-11-23(42(39,40)17-6-4-16(27)5-7-17)18-9-3-15(12-14(18)2-8-19(20)23)24(28,25(29,30)31)26(32,33)34/h3-7,9,12,19-20H,2,8,10-11,13H2,1H3,(H2,35,36,38)/t19-,20+,23+/m0/s1. The van der Waals surface area contributed by atoms with Crippen LogP contribution in [0.5, 0.6) is 0 Å². The molecule has 0 radical (unpaired) electrons. The summed E-state index contributed by atoms with van der Waals surface area (Å²) in [6, 6.07) is 3.40. The van der Waals surface area contributed by atoms with Gasteiger partial charge >= 0.3 is 30.0 Å². The minimum atomic E-state index is -6.37. The lowest BCUT2D eigenvalue weighted by molar-refractivity contribution is -0.348. The van der Waals surface area contributed by atoms with Crippen LogP contribution in [0.15, 0.2) is 47.4 Å². The molecule has 16 heteroatoms. The highest BCUT2D eigenvalue weighted by Crippen LogP contribution is 2.59. The van der Waals surface area contributed by atoms with Gasteiger partial charge in [0.15, 0.2) is 9.84 Å². The molecule has 2 aliphatic carbocycles. The van der Waals surface area contributed by atoms with E-state index in [1.807, 2.05) is 0 Å². The number of amides is 2. The van der Waals surface area contributed by atoms with Gasteiger partial charge in [-0.25, -0.2) is 22.0 Å². The summed E-state index contributed by atoms with van der Waals surface area (Å²) in [5.41, 5.74) is -7.84. The SMILES string of the molecule is COC(=O)CNC(=O)N[C@@H]1CC[C@@]2(S(=O)(=O)c3ccc(F)cc3)c3ccc(C(F)(C(F)(F)F)C(F)(F)F)cc3CC[C@@H]12. The van der Waals surface area contributed by atoms with Crippen molar-refractivity contribution in [3.05, 3.63) is 65.0 Å². The lowest BCUT2D eigenvalue weighted by atomic mass is 9.74. The summed E-state index contributed by atoms with van der Waals surface area (Å²) >= 11 is 0. The van der Waals surface area contributed by atoms with Crippen molar-refractivity contribution in [3.8, 4) is 0 Å². The Balaban J connectivity index is 1.84. The Kier molecular flexibility index (Phi) is 8.02. The number of rotatable bonds is 6. The number of urea groups is 1. The molecule has 1 saturated carbocycles. The highest BCUT2D eigenvalue weighted by Gasteiger charge is 2.73. The summed E-state index contributed by atoms with van der Waals surface area (Å²) in [6.45, 7) is -0.506. The number of sulfone groups is 1. The number of halogens is 8. The van der Waals surface area contributed by atoms with Gasteiger partial charge in [0, 0.05) is 17.5 Å². The monoisotopic (exact) mass is 628 g/mol. The van der Waals surface area contributed by atoms with Crippen LogP contribution in [0.2, 0.25) is 0 Å². The van der Waals surface area contributed by atoms with E-state index in [-0.39, 0.29) is 47.8 Å². The van der Waals surface area contributed by atoms with Gasteiger partial charge in [-0.2, -0.15) is 26.3 Å². The number of esters is 1. The zero-order valence-corrected chi connectivity index (χ0v) is 22.5. The number of aryl methyl sites for hydroxylation is 1. The number of carbonyl (C=O) groups is 2. The largest absolute Gasteiger partial charge is 0.468 e. The van der Waals surface area contributed by atoms with Crippen molar-refractivity contribution in [3.63, 3.8) is 0 Å². The molecule has 0 unspecified atom stereocenters. The topological polar surface area (TPSA) is 102 Å². The summed E-state index contributed by atoms with van der Waals surface area (Å²) in [5.74, 6) is -2.48. The maximum atomic E-state index is 14.9. The molecule has 3 atom stereocenters. The third-order valence-corrected chi connectivity index (χ3v) is 10.5. The molecule has 0 bridgehead atoms. The van der Waals surface area contributed by atoms with Gasteiger partial charge in [-0.05, 0) is 61.1 Å². The first-order chi connectivity index (χ1) is 19.4. The molecule has 2 aromatic carbocycles. The van der Waals surface area contributed by atoms with E-state index in [0.717, 1.165) is 37.4 Å². The lowest BCUT2D eigenvalue weighted by Gasteiger charge is -2.43.